The van der Waals surface area contributed by atoms with Crippen LogP contribution in [0.15, 0.2) is 35.3 Å². The molecule has 0 fully saturated rings. The molecule has 2 amide bonds. The van der Waals surface area contributed by atoms with Crippen molar-refractivity contribution in [2.24, 2.45) is 0 Å². The zero-order valence-electron chi connectivity index (χ0n) is 9.57. The molecule has 0 atom stereocenters. The fraction of sp³-hybridized carbons (Fsp3) is 0.167. The van der Waals surface area contributed by atoms with Crippen LogP contribution in [-0.4, -0.2) is 23.7 Å². The van der Waals surface area contributed by atoms with E-state index in [9.17, 15) is 9.59 Å². The fourth-order valence-corrected chi connectivity index (χ4v) is 1.37. The maximum Gasteiger partial charge on any atom is 0.319 e. The summed E-state index contributed by atoms with van der Waals surface area (Å²) >= 11 is 3.13. The topological polar surface area (TPSA) is 78.4 Å². The van der Waals surface area contributed by atoms with Crippen LogP contribution in [0.2, 0.25) is 0 Å². The second-order valence-corrected chi connectivity index (χ2v) is 4.71. The minimum absolute atomic E-state index is 0.0319. The van der Waals surface area contributed by atoms with E-state index >= 15 is 0 Å². The maximum absolute atomic E-state index is 11.4. The Balaban J connectivity index is 2.50. The number of hydrogen-bond donors (Lipinski definition) is 3. The summed E-state index contributed by atoms with van der Waals surface area (Å²) < 4.78 is 0.675. The van der Waals surface area contributed by atoms with Crippen molar-refractivity contribution in [2.75, 3.05) is 11.9 Å². The Morgan fingerprint density at radius 2 is 1.89 bits per heavy atom. The van der Waals surface area contributed by atoms with Gasteiger partial charge in [0.2, 0.25) is 0 Å². The molecule has 1 aromatic carbocycles. The molecule has 6 heteroatoms. The predicted molar refractivity (Wildman–Crippen MR) is 72.9 cm³/mol. The predicted octanol–water partition coefficient (Wildman–Crippen LogP) is 2.34. The lowest BCUT2D eigenvalue weighted by Crippen LogP contribution is -2.29. The zero-order valence-corrected chi connectivity index (χ0v) is 11.2. The number of anilines is 1. The summed E-state index contributed by atoms with van der Waals surface area (Å²) in [4.78, 5) is 21.9. The number of carbonyl (C=O) groups is 2. The molecule has 0 saturated heterocycles. The quantitative estimate of drug-likeness (QED) is 0.781. The van der Waals surface area contributed by atoms with Gasteiger partial charge in [0.05, 0.1) is 13.0 Å². The highest BCUT2D eigenvalue weighted by atomic mass is 79.9. The molecule has 5 nitrogen and oxygen atoms in total. The standard InChI is InChI=1S/C12H13BrN2O3/c1-8(13)7-14-12(18)15-10-4-2-9(3-5-10)6-11(16)17/h2-5H,1,6-7H2,(H,16,17)(H2,14,15,18). The molecular formula is C12H13BrN2O3. The second kappa shape index (κ2) is 6.80. The number of halogens is 1. The lowest BCUT2D eigenvalue weighted by Gasteiger charge is -2.07. The van der Waals surface area contributed by atoms with E-state index in [2.05, 4.69) is 33.1 Å². The molecular weight excluding hydrogens is 300 g/mol. The summed E-state index contributed by atoms with van der Waals surface area (Å²) in [6.07, 6.45) is -0.0319. The molecule has 0 radical (unpaired) electrons. The van der Waals surface area contributed by atoms with Crippen molar-refractivity contribution in [3.8, 4) is 0 Å². The zero-order chi connectivity index (χ0) is 13.5. The van der Waals surface area contributed by atoms with Gasteiger partial charge in [0, 0.05) is 10.2 Å². The van der Waals surface area contributed by atoms with Gasteiger partial charge < -0.3 is 15.7 Å². The molecule has 0 unspecified atom stereocenters. The summed E-state index contributed by atoms with van der Waals surface area (Å²) in [5.74, 6) is -0.885. The first-order chi connectivity index (χ1) is 8.47. The van der Waals surface area contributed by atoms with E-state index in [4.69, 9.17) is 5.11 Å². The van der Waals surface area contributed by atoms with Crippen molar-refractivity contribution in [1.82, 2.24) is 5.32 Å². The van der Waals surface area contributed by atoms with Crippen LogP contribution in [0.3, 0.4) is 0 Å². The van der Waals surface area contributed by atoms with E-state index in [0.717, 1.165) is 0 Å². The van der Waals surface area contributed by atoms with E-state index < -0.39 is 5.97 Å². The van der Waals surface area contributed by atoms with Gasteiger partial charge >= 0.3 is 12.0 Å². The van der Waals surface area contributed by atoms with Crippen molar-refractivity contribution in [2.45, 2.75) is 6.42 Å². The van der Waals surface area contributed by atoms with Crippen LogP contribution in [0.25, 0.3) is 0 Å². The molecule has 1 aromatic rings. The first-order valence-electron chi connectivity index (χ1n) is 5.16. The Morgan fingerprint density at radius 1 is 1.28 bits per heavy atom. The van der Waals surface area contributed by atoms with Crippen LogP contribution >= 0.6 is 15.9 Å². The minimum Gasteiger partial charge on any atom is -0.481 e. The van der Waals surface area contributed by atoms with Crippen LogP contribution in [0.1, 0.15) is 5.56 Å². The number of benzene rings is 1. The number of aliphatic carboxylic acids is 1. The van der Waals surface area contributed by atoms with Crippen molar-refractivity contribution in [3.63, 3.8) is 0 Å². The number of rotatable bonds is 5. The normalized spacial score (nSPS) is 9.61. The summed E-state index contributed by atoms with van der Waals surface area (Å²) in [6, 6.07) is 6.28. The van der Waals surface area contributed by atoms with Crippen molar-refractivity contribution >= 4 is 33.6 Å². The number of amides is 2. The third-order valence-corrected chi connectivity index (χ3v) is 2.29. The molecule has 18 heavy (non-hydrogen) atoms. The van der Waals surface area contributed by atoms with Gasteiger partial charge in [-0.05, 0) is 17.7 Å². The molecule has 0 aliphatic carbocycles. The Kier molecular flexibility index (Phi) is 5.38. The number of carboxylic acids is 1. The molecule has 0 aliphatic rings. The van der Waals surface area contributed by atoms with Gasteiger partial charge in [0.15, 0.2) is 0 Å². The summed E-state index contributed by atoms with van der Waals surface area (Å²) in [5.41, 5.74) is 1.28. The lowest BCUT2D eigenvalue weighted by molar-refractivity contribution is -0.136. The monoisotopic (exact) mass is 312 g/mol. The van der Waals surface area contributed by atoms with Gasteiger partial charge in [-0.15, -0.1) is 0 Å². The highest BCUT2D eigenvalue weighted by Gasteiger charge is 2.03. The minimum atomic E-state index is -0.885. The summed E-state index contributed by atoms with van der Waals surface area (Å²) in [5, 5.41) is 13.8. The van der Waals surface area contributed by atoms with Gasteiger partial charge in [-0.3, -0.25) is 4.79 Å². The Bertz CT molecular complexity index is 457. The van der Waals surface area contributed by atoms with E-state index in [1.165, 1.54) is 0 Å². The van der Waals surface area contributed by atoms with Gasteiger partial charge in [0.25, 0.3) is 0 Å². The van der Waals surface area contributed by atoms with E-state index in [1.807, 2.05) is 0 Å². The highest BCUT2D eigenvalue weighted by molar-refractivity contribution is 9.11. The molecule has 0 saturated carbocycles. The molecule has 3 N–H and O–H groups in total. The third kappa shape index (κ3) is 5.49. The molecule has 0 bridgehead atoms. The highest BCUT2D eigenvalue weighted by Crippen LogP contribution is 2.10. The maximum atomic E-state index is 11.4. The first kappa shape index (κ1) is 14.2. The van der Waals surface area contributed by atoms with Crippen molar-refractivity contribution < 1.29 is 14.7 Å². The van der Waals surface area contributed by atoms with Crippen LogP contribution in [0.4, 0.5) is 10.5 Å². The third-order valence-electron chi connectivity index (χ3n) is 2.01. The van der Waals surface area contributed by atoms with Crippen molar-refractivity contribution in [3.05, 3.63) is 40.9 Å². The molecule has 1 rings (SSSR count). The summed E-state index contributed by atoms with van der Waals surface area (Å²) in [7, 11) is 0. The van der Waals surface area contributed by atoms with E-state index in [1.54, 1.807) is 24.3 Å². The van der Waals surface area contributed by atoms with Gasteiger partial charge in [-0.2, -0.15) is 0 Å². The first-order valence-corrected chi connectivity index (χ1v) is 5.95. The van der Waals surface area contributed by atoms with Crippen molar-refractivity contribution in [1.29, 1.82) is 0 Å². The average molecular weight is 313 g/mol. The fourth-order valence-electron chi connectivity index (χ4n) is 1.23. The van der Waals surface area contributed by atoms with E-state index in [-0.39, 0.29) is 12.5 Å². The Labute approximate surface area is 113 Å². The van der Waals surface area contributed by atoms with Gasteiger partial charge in [-0.1, -0.05) is 34.6 Å². The summed E-state index contributed by atoms with van der Waals surface area (Å²) in [6.45, 7) is 3.93. The lowest BCUT2D eigenvalue weighted by atomic mass is 10.1. The van der Waals surface area contributed by atoms with Gasteiger partial charge in [0.1, 0.15) is 0 Å². The average Bonchev–Trinajstić information content (AvgIpc) is 2.28. The SMILES string of the molecule is C=C(Br)CNC(=O)Nc1ccc(CC(=O)O)cc1. The molecule has 96 valence electrons. The smallest absolute Gasteiger partial charge is 0.319 e. The Hall–Kier alpha value is -1.82. The van der Waals surface area contributed by atoms with Crippen LogP contribution in [0.5, 0.6) is 0 Å². The number of urea groups is 1. The molecule has 0 aromatic heterocycles. The Morgan fingerprint density at radius 3 is 2.39 bits per heavy atom. The van der Waals surface area contributed by atoms with Crippen LogP contribution < -0.4 is 10.6 Å². The molecule has 0 spiro atoms. The molecule has 0 aliphatic heterocycles. The number of hydrogen-bond acceptors (Lipinski definition) is 2. The second-order valence-electron chi connectivity index (χ2n) is 3.59. The number of carboxylic acid groups (broad SMARTS) is 1. The van der Waals surface area contributed by atoms with Gasteiger partial charge in [-0.25, -0.2) is 4.79 Å². The number of nitrogens with one attached hydrogen (secondary N) is 2. The number of carbonyl (C=O) groups excluding carboxylic acids is 1. The van der Waals surface area contributed by atoms with E-state index in [0.29, 0.717) is 22.3 Å². The van der Waals surface area contributed by atoms with Crippen LogP contribution in [-0.2, 0) is 11.2 Å². The molecule has 0 heterocycles. The largest absolute Gasteiger partial charge is 0.481 e. The van der Waals surface area contributed by atoms with Crippen LogP contribution in [0, 0.1) is 0 Å².